The van der Waals surface area contributed by atoms with Gasteiger partial charge < -0.3 is 10.8 Å². The van der Waals surface area contributed by atoms with Crippen LogP contribution >= 0.6 is 0 Å². The minimum Gasteiger partial charge on any atom is -0.399 e. The predicted molar refractivity (Wildman–Crippen MR) is 64.9 cm³/mol. The van der Waals surface area contributed by atoms with Gasteiger partial charge in [0.2, 0.25) is 10.0 Å². The molecule has 1 fully saturated rings. The molecule has 0 saturated carbocycles. The lowest BCUT2D eigenvalue weighted by molar-refractivity contribution is 0.117. The summed E-state index contributed by atoms with van der Waals surface area (Å²) in [6.45, 7) is 1.88. The van der Waals surface area contributed by atoms with Crippen molar-refractivity contribution >= 4 is 15.7 Å². The second-order valence-electron chi connectivity index (χ2n) is 4.50. The molecule has 0 aliphatic carbocycles. The Hall–Kier alpha value is -1.18. The highest BCUT2D eigenvalue weighted by molar-refractivity contribution is 7.89. The molecule has 18 heavy (non-hydrogen) atoms. The lowest BCUT2D eigenvalue weighted by atomic mass is 10.1. The molecule has 1 aliphatic heterocycles. The second kappa shape index (κ2) is 4.49. The lowest BCUT2D eigenvalue weighted by Crippen LogP contribution is -2.51. The molecular formula is C11H15FN2O3S. The number of anilines is 1. The van der Waals surface area contributed by atoms with Crippen LogP contribution < -0.4 is 5.73 Å². The van der Waals surface area contributed by atoms with Gasteiger partial charge in [-0.25, -0.2) is 12.8 Å². The Morgan fingerprint density at radius 2 is 2.11 bits per heavy atom. The maximum absolute atomic E-state index is 13.5. The lowest BCUT2D eigenvalue weighted by Gasteiger charge is -2.37. The highest BCUT2D eigenvalue weighted by Gasteiger charge is 2.37. The molecule has 3 N–H and O–H groups in total. The number of hydrogen-bond acceptors (Lipinski definition) is 4. The molecule has 1 heterocycles. The molecule has 1 aromatic carbocycles. The van der Waals surface area contributed by atoms with Gasteiger partial charge >= 0.3 is 0 Å². The average molecular weight is 274 g/mol. The van der Waals surface area contributed by atoms with Crippen LogP contribution in [-0.2, 0) is 10.0 Å². The Morgan fingerprint density at radius 1 is 1.50 bits per heavy atom. The van der Waals surface area contributed by atoms with E-state index in [-0.39, 0.29) is 41.8 Å². The molecule has 0 aromatic heterocycles. The third kappa shape index (κ3) is 2.09. The highest BCUT2D eigenvalue weighted by Crippen LogP contribution is 2.29. The number of sulfonamides is 1. The summed E-state index contributed by atoms with van der Waals surface area (Å²) in [4.78, 5) is -0.101. The summed E-state index contributed by atoms with van der Waals surface area (Å²) >= 11 is 0. The highest BCUT2D eigenvalue weighted by atomic mass is 32.2. The molecule has 1 aliphatic rings. The van der Waals surface area contributed by atoms with Gasteiger partial charge in [-0.15, -0.1) is 0 Å². The summed E-state index contributed by atoms with van der Waals surface area (Å²) in [5.41, 5.74) is 5.62. The zero-order valence-corrected chi connectivity index (χ0v) is 10.7. The van der Waals surface area contributed by atoms with Crippen molar-refractivity contribution in [1.82, 2.24) is 4.31 Å². The van der Waals surface area contributed by atoms with E-state index in [0.29, 0.717) is 0 Å². The Bertz CT molecular complexity index is 568. The molecule has 0 radical (unpaired) electrons. The third-order valence-electron chi connectivity index (χ3n) is 3.12. The molecule has 0 unspecified atom stereocenters. The van der Waals surface area contributed by atoms with Gasteiger partial charge in [0.15, 0.2) is 0 Å². The van der Waals surface area contributed by atoms with E-state index in [1.165, 1.54) is 17.3 Å². The Balaban J connectivity index is 2.37. The Kier molecular flexibility index (Phi) is 3.31. The molecule has 0 amide bonds. The fourth-order valence-electron chi connectivity index (χ4n) is 1.91. The molecule has 5 nitrogen and oxygen atoms in total. The number of halogens is 1. The van der Waals surface area contributed by atoms with Gasteiger partial charge in [0.1, 0.15) is 5.82 Å². The first-order chi connectivity index (χ1) is 8.36. The summed E-state index contributed by atoms with van der Waals surface area (Å²) < 4.78 is 39.2. The summed E-state index contributed by atoms with van der Waals surface area (Å²) in [6, 6.07) is 2.36. The largest absolute Gasteiger partial charge is 0.399 e. The molecule has 0 atom stereocenters. The van der Waals surface area contributed by atoms with Crippen molar-refractivity contribution in [1.29, 1.82) is 0 Å². The van der Waals surface area contributed by atoms with Crippen LogP contribution in [0.15, 0.2) is 17.0 Å². The van der Waals surface area contributed by atoms with Gasteiger partial charge in [0.05, 0.1) is 4.90 Å². The molecule has 1 aromatic rings. The molecular weight excluding hydrogens is 259 g/mol. The monoisotopic (exact) mass is 274 g/mol. The zero-order valence-electron chi connectivity index (χ0n) is 9.93. The van der Waals surface area contributed by atoms with Crippen molar-refractivity contribution in [2.45, 2.75) is 11.8 Å². The van der Waals surface area contributed by atoms with Crippen LogP contribution in [0.3, 0.4) is 0 Å². The molecule has 100 valence electrons. The van der Waals surface area contributed by atoms with Crippen molar-refractivity contribution in [3.63, 3.8) is 0 Å². The van der Waals surface area contributed by atoms with Crippen LogP contribution in [0.2, 0.25) is 0 Å². The maximum atomic E-state index is 13.5. The molecule has 0 spiro atoms. The SMILES string of the molecule is Cc1c(F)cc(N)cc1S(=O)(=O)N1CC(CO)C1. The zero-order chi connectivity index (χ0) is 13.5. The summed E-state index contributed by atoms with van der Waals surface area (Å²) in [5, 5.41) is 8.88. The topological polar surface area (TPSA) is 83.6 Å². The minimum absolute atomic E-state index is 0.0361. The van der Waals surface area contributed by atoms with Crippen LogP contribution in [-0.4, -0.2) is 37.5 Å². The van der Waals surface area contributed by atoms with E-state index in [1.807, 2.05) is 0 Å². The number of aliphatic hydroxyl groups is 1. The molecule has 2 rings (SSSR count). The maximum Gasteiger partial charge on any atom is 0.243 e. The average Bonchev–Trinajstić information content (AvgIpc) is 2.21. The van der Waals surface area contributed by atoms with Crippen LogP contribution in [0.4, 0.5) is 10.1 Å². The number of nitrogen functional groups attached to an aromatic ring is 1. The fourth-order valence-corrected chi connectivity index (χ4v) is 3.78. The van der Waals surface area contributed by atoms with E-state index in [9.17, 15) is 12.8 Å². The first-order valence-corrected chi connectivity index (χ1v) is 6.97. The van der Waals surface area contributed by atoms with Crippen molar-refractivity contribution in [2.75, 3.05) is 25.4 Å². The van der Waals surface area contributed by atoms with Crippen LogP contribution in [0.1, 0.15) is 5.56 Å². The van der Waals surface area contributed by atoms with Gasteiger partial charge in [-0.2, -0.15) is 4.31 Å². The van der Waals surface area contributed by atoms with Gasteiger partial charge in [0, 0.05) is 36.9 Å². The summed E-state index contributed by atoms with van der Waals surface area (Å²) in [5.74, 6) is -0.668. The quantitative estimate of drug-likeness (QED) is 0.778. The summed E-state index contributed by atoms with van der Waals surface area (Å²) in [7, 11) is -3.72. The smallest absolute Gasteiger partial charge is 0.243 e. The van der Waals surface area contributed by atoms with Gasteiger partial charge in [-0.3, -0.25) is 0 Å². The Morgan fingerprint density at radius 3 is 2.67 bits per heavy atom. The van der Waals surface area contributed by atoms with Gasteiger partial charge in [0.25, 0.3) is 0 Å². The van der Waals surface area contributed by atoms with Crippen LogP contribution in [0.5, 0.6) is 0 Å². The van der Waals surface area contributed by atoms with E-state index in [4.69, 9.17) is 10.8 Å². The molecule has 1 saturated heterocycles. The van der Waals surface area contributed by atoms with Crippen LogP contribution in [0.25, 0.3) is 0 Å². The number of aliphatic hydroxyl groups excluding tert-OH is 1. The minimum atomic E-state index is -3.72. The van der Waals surface area contributed by atoms with Crippen molar-refractivity contribution < 1.29 is 17.9 Å². The first kappa shape index (κ1) is 13.3. The van der Waals surface area contributed by atoms with Crippen molar-refractivity contribution in [2.24, 2.45) is 5.92 Å². The summed E-state index contributed by atoms with van der Waals surface area (Å²) in [6.07, 6.45) is 0. The number of benzene rings is 1. The van der Waals surface area contributed by atoms with E-state index in [1.54, 1.807) is 0 Å². The normalized spacial score (nSPS) is 17.7. The van der Waals surface area contributed by atoms with Gasteiger partial charge in [-0.1, -0.05) is 0 Å². The predicted octanol–water partition coefficient (Wildman–Crippen LogP) is 0.329. The van der Waals surface area contributed by atoms with E-state index >= 15 is 0 Å². The number of nitrogens with zero attached hydrogens (tertiary/aromatic N) is 1. The fraction of sp³-hybridized carbons (Fsp3) is 0.455. The van der Waals surface area contributed by atoms with E-state index in [2.05, 4.69) is 0 Å². The number of nitrogens with two attached hydrogens (primary N) is 1. The molecule has 7 heteroatoms. The second-order valence-corrected chi connectivity index (χ2v) is 6.40. The van der Waals surface area contributed by atoms with Crippen LogP contribution in [0, 0.1) is 18.7 Å². The van der Waals surface area contributed by atoms with Crippen molar-refractivity contribution in [3.8, 4) is 0 Å². The third-order valence-corrected chi connectivity index (χ3v) is 5.08. The number of rotatable bonds is 3. The van der Waals surface area contributed by atoms with E-state index in [0.717, 1.165) is 6.07 Å². The molecule has 0 bridgehead atoms. The first-order valence-electron chi connectivity index (χ1n) is 5.53. The Labute approximate surface area is 105 Å². The van der Waals surface area contributed by atoms with E-state index < -0.39 is 15.8 Å². The van der Waals surface area contributed by atoms with Crippen molar-refractivity contribution in [3.05, 3.63) is 23.5 Å². The van der Waals surface area contributed by atoms with Gasteiger partial charge in [-0.05, 0) is 19.1 Å². The standard InChI is InChI=1S/C11H15FN2O3S/c1-7-10(12)2-9(13)3-11(7)18(16,17)14-4-8(5-14)6-15/h2-3,8,15H,4-6,13H2,1H3. The number of hydrogen-bond donors (Lipinski definition) is 2.